The predicted molar refractivity (Wildman–Crippen MR) is 117 cm³/mol. The molecule has 3 heterocycles. The van der Waals surface area contributed by atoms with Crippen LogP contribution in [-0.4, -0.2) is 66.4 Å². The standard InChI is InChI=1S/C24H27FN4O2/c1-27(13-14-28-11-5-6-12-28)24(30)29-23(17-7-3-2-4-8-17)20-16-31-21-10-9-18(25)15-19(21)22(20)26-29/h2-4,7-10,15,20,23H,5-6,11-14,16H2,1H3/t20-,23-/m1/s1. The van der Waals surface area contributed by atoms with E-state index < -0.39 is 0 Å². The molecular weight excluding hydrogens is 395 g/mol. The summed E-state index contributed by atoms with van der Waals surface area (Å²) in [5, 5.41) is 6.32. The topological polar surface area (TPSA) is 48.4 Å². The molecule has 3 aliphatic rings. The molecule has 3 aliphatic heterocycles. The highest BCUT2D eigenvalue weighted by Crippen LogP contribution is 2.42. The average molecular weight is 423 g/mol. The van der Waals surface area contributed by atoms with Gasteiger partial charge in [0.1, 0.15) is 11.6 Å². The van der Waals surface area contributed by atoms with E-state index in [4.69, 9.17) is 9.84 Å². The zero-order chi connectivity index (χ0) is 21.4. The molecule has 0 unspecified atom stereocenters. The van der Waals surface area contributed by atoms with Crippen LogP contribution in [0.1, 0.15) is 30.0 Å². The van der Waals surface area contributed by atoms with Crippen LogP contribution in [0.4, 0.5) is 9.18 Å². The first kappa shape index (κ1) is 20.0. The van der Waals surface area contributed by atoms with E-state index in [2.05, 4.69) is 4.90 Å². The van der Waals surface area contributed by atoms with Crippen molar-refractivity contribution in [3.8, 4) is 5.75 Å². The smallest absolute Gasteiger partial charge is 0.340 e. The number of urea groups is 1. The third-order valence-electron chi connectivity index (χ3n) is 6.46. The van der Waals surface area contributed by atoms with E-state index in [1.165, 1.54) is 25.0 Å². The third kappa shape index (κ3) is 3.78. The predicted octanol–water partition coefficient (Wildman–Crippen LogP) is 3.74. The Balaban J connectivity index is 1.45. The zero-order valence-corrected chi connectivity index (χ0v) is 17.7. The van der Waals surface area contributed by atoms with Crippen molar-refractivity contribution in [3.63, 3.8) is 0 Å². The van der Waals surface area contributed by atoms with Gasteiger partial charge in [-0.25, -0.2) is 14.2 Å². The van der Waals surface area contributed by atoms with Crippen LogP contribution in [-0.2, 0) is 0 Å². The number of rotatable bonds is 4. The van der Waals surface area contributed by atoms with Gasteiger partial charge < -0.3 is 14.5 Å². The lowest BCUT2D eigenvalue weighted by atomic mass is 9.86. The van der Waals surface area contributed by atoms with Gasteiger partial charge in [-0.2, -0.15) is 5.10 Å². The molecule has 1 saturated heterocycles. The maximum Gasteiger partial charge on any atom is 0.340 e. The normalized spacial score (nSPS) is 22.5. The van der Waals surface area contributed by atoms with Gasteiger partial charge >= 0.3 is 6.03 Å². The number of halogens is 1. The second-order valence-corrected chi connectivity index (χ2v) is 8.50. The van der Waals surface area contributed by atoms with Gasteiger partial charge in [0, 0.05) is 25.7 Å². The first-order valence-electron chi connectivity index (χ1n) is 10.9. The molecule has 2 amide bonds. The van der Waals surface area contributed by atoms with Crippen LogP contribution in [0.15, 0.2) is 53.6 Å². The summed E-state index contributed by atoms with van der Waals surface area (Å²) in [7, 11) is 1.83. The van der Waals surface area contributed by atoms with Crippen molar-refractivity contribution >= 4 is 11.7 Å². The Hall–Kier alpha value is -2.93. The van der Waals surface area contributed by atoms with Gasteiger partial charge in [0.05, 0.1) is 24.3 Å². The van der Waals surface area contributed by atoms with Gasteiger partial charge in [-0.15, -0.1) is 0 Å². The summed E-state index contributed by atoms with van der Waals surface area (Å²) >= 11 is 0. The number of fused-ring (bicyclic) bond motifs is 3. The summed E-state index contributed by atoms with van der Waals surface area (Å²) in [5.74, 6) is 0.127. The first-order chi connectivity index (χ1) is 15.1. The van der Waals surface area contributed by atoms with Crippen LogP contribution in [0.5, 0.6) is 5.75 Å². The number of ether oxygens (including phenoxy) is 1. The average Bonchev–Trinajstić information content (AvgIpc) is 3.45. The minimum atomic E-state index is -0.338. The van der Waals surface area contributed by atoms with Crippen LogP contribution in [0.25, 0.3) is 0 Å². The van der Waals surface area contributed by atoms with E-state index in [1.807, 2.05) is 37.4 Å². The molecule has 0 spiro atoms. The highest BCUT2D eigenvalue weighted by Gasteiger charge is 2.45. The molecule has 5 rings (SSSR count). The molecule has 0 saturated carbocycles. The van der Waals surface area contributed by atoms with E-state index in [0.717, 1.165) is 30.9 Å². The lowest BCUT2D eigenvalue weighted by Gasteiger charge is -2.32. The molecule has 2 aromatic rings. The minimum absolute atomic E-state index is 0.145. The molecule has 162 valence electrons. The summed E-state index contributed by atoms with van der Waals surface area (Å²) < 4.78 is 19.9. The molecule has 31 heavy (non-hydrogen) atoms. The maximum absolute atomic E-state index is 14.0. The van der Waals surface area contributed by atoms with Gasteiger partial charge in [-0.3, -0.25) is 0 Å². The summed E-state index contributed by atoms with van der Waals surface area (Å²) in [6, 6.07) is 13.9. The molecule has 7 heteroatoms. The van der Waals surface area contributed by atoms with E-state index in [-0.39, 0.29) is 23.8 Å². The number of nitrogens with zero attached hydrogens (tertiary/aromatic N) is 4. The number of likely N-dealkylation sites (N-methyl/N-ethyl adjacent to an activating group) is 1. The number of hydrogen-bond acceptors (Lipinski definition) is 4. The van der Waals surface area contributed by atoms with Gasteiger partial charge in [-0.1, -0.05) is 30.3 Å². The quantitative estimate of drug-likeness (QED) is 0.754. The van der Waals surface area contributed by atoms with Gasteiger partial charge in [0.25, 0.3) is 0 Å². The highest BCUT2D eigenvalue weighted by molar-refractivity contribution is 6.07. The van der Waals surface area contributed by atoms with Crippen molar-refractivity contribution < 1.29 is 13.9 Å². The Morgan fingerprint density at radius 3 is 2.74 bits per heavy atom. The van der Waals surface area contributed by atoms with Gasteiger partial charge in [-0.05, 0) is 49.7 Å². The summed E-state index contributed by atoms with van der Waals surface area (Å²) in [6.45, 7) is 4.11. The molecular formula is C24H27FN4O2. The third-order valence-corrected chi connectivity index (χ3v) is 6.46. The van der Waals surface area contributed by atoms with Crippen LogP contribution in [0.2, 0.25) is 0 Å². The van der Waals surface area contributed by atoms with Crippen molar-refractivity contribution in [3.05, 3.63) is 65.5 Å². The number of carbonyl (C=O) groups is 1. The van der Waals surface area contributed by atoms with Crippen molar-refractivity contribution in [2.45, 2.75) is 18.9 Å². The Bertz CT molecular complexity index is 990. The van der Waals surface area contributed by atoms with E-state index >= 15 is 0 Å². The Labute approximate surface area is 181 Å². The zero-order valence-electron chi connectivity index (χ0n) is 17.7. The Kier molecular flexibility index (Phi) is 5.36. The van der Waals surface area contributed by atoms with Crippen LogP contribution in [0.3, 0.4) is 0 Å². The number of likely N-dealkylation sites (tertiary alicyclic amines) is 1. The number of carbonyl (C=O) groups excluding carboxylic acids is 1. The molecule has 0 aliphatic carbocycles. The number of benzene rings is 2. The van der Waals surface area contributed by atoms with Crippen LogP contribution >= 0.6 is 0 Å². The maximum atomic E-state index is 14.0. The van der Waals surface area contributed by atoms with E-state index in [9.17, 15) is 9.18 Å². The van der Waals surface area contributed by atoms with Crippen LogP contribution in [0, 0.1) is 11.7 Å². The monoisotopic (exact) mass is 422 g/mol. The first-order valence-corrected chi connectivity index (χ1v) is 10.9. The number of hydrogen-bond donors (Lipinski definition) is 0. The second-order valence-electron chi connectivity index (χ2n) is 8.50. The molecule has 1 fully saturated rings. The van der Waals surface area contributed by atoms with Crippen molar-refractivity contribution in [1.82, 2.24) is 14.8 Å². The summed E-state index contributed by atoms with van der Waals surface area (Å²) in [6.07, 6.45) is 2.45. The molecule has 0 radical (unpaired) electrons. The van der Waals surface area contributed by atoms with Crippen molar-refractivity contribution in [2.75, 3.05) is 39.8 Å². The van der Waals surface area contributed by atoms with Crippen LogP contribution < -0.4 is 4.74 Å². The fourth-order valence-electron chi connectivity index (χ4n) is 4.76. The lowest BCUT2D eigenvalue weighted by Crippen LogP contribution is -2.43. The van der Waals surface area contributed by atoms with E-state index in [1.54, 1.807) is 16.0 Å². The Morgan fingerprint density at radius 2 is 1.97 bits per heavy atom. The molecule has 0 bridgehead atoms. The fourth-order valence-corrected chi connectivity index (χ4v) is 4.76. The second kappa shape index (κ2) is 8.30. The highest BCUT2D eigenvalue weighted by atomic mass is 19.1. The summed E-state index contributed by atoms with van der Waals surface area (Å²) in [4.78, 5) is 17.6. The minimum Gasteiger partial charge on any atom is -0.492 e. The summed E-state index contributed by atoms with van der Waals surface area (Å²) in [5.41, 5.74) is 2.35. The molecule has 6 nitrogen and oxygen atoms in total. The number of amides is 2. The molecule has 0 N–H and O–H groups in total. The van der Waals surface area contributed by atoms with Crippen molar-refractivity contribution in [2.24, 2.45) is 11.0 Å². The fraction of sp³-hybridized carbons (Fsp3) is 0.417. The lowest BCUT2D eigenvalue weighted by molar-refractivity contribution is 0.130. The van der Waals surface area contributed by atoms with E-state index in [0.29, 0.717) is 24.5 Å². The van der Waals surface area contributed by atoms with Crippen molar-refractivity contribution in [1.29, 1.82) is 0 Å². The largest absolute Gasteiger partial charge is 0.492 e. The van der Waals surface area contributed by atoms with Gasteiger partial charge in [0.2, 0.25) is 0 Å². The molecule has 2 aromatic carbocycles. The molecule has 0 aromatic heterocycles. The Morgan fingerprint density at radius 1 is 1.19 bits per heavy atom. The van der Waals surface area contributed by atoms with Gasteiger partial charge in [0.15, 0.2) is 0 Å². The number of hydrazone groups is 1. The molecule has 2 atom stereocenters. The SMILES string of the molecule is CN(CCN1CCCC1)C(=O)N1N=C2c3cc(F)ccc3OC[C@H]2[C@H]1c1ccccc1.